The quantitative estimate of drug-likeness (QED) is 0.872. The number of hydrogen-bond acceptors (Lipinski definition) is 3. The first-order valence-corrected chi connectivity index (χ1v) is 6.29. The van der Waals surface area contributed by atoms with Crippen LogP contribution >= 0.6 is 0 Å². The molecule has 0 aliphatic heterocycles. The number of halogens is 1. The molecule has 1 amide bonds. The molecular formula is C14H16FN3O2. The monoisotopic (exact) mass is 277 g/mol. The maximum Gasteiger partial charge on any atom is 0.278 e. The van der Waals surface area contributed by atoms with Crippen molar-refractivity contribution in [1.82, 2.24) is 15.3 Å². The van der Waals surface area contributed by atoms with Crippen molar-refractivity contribution >= 4 is 5.91 Å². The Morgan fingerprint density at radius 2 is 2.00 bits per heavy atom. The second-order valence-corrected chi connectivity index (χ2v) is 4.30. The molecule has 0 fully saturated rings. The molecule has 0 saturated carbocycles. The number of carbonyl (C=O) groups is 1. The third kappa shape index (κ3) is 2.70. The van der Waals surface area contributed by atoms with Crippen molar-refractivity contribution in [3.63, 3.8) is 0 Å². The van der Waals surface area contributed by atoms with Crippen molar-refractivity contribution in [2.45, 2.75) is 20.8 Å². The number of rotatable bonds is 4. The Bertz CT molecular complexity index is 620. The van der Waals surface area contributed by atoms with Crippen LogP contribution in [-0.2, 0) is 4.84 Å². The van der Waals surface area contributed by atoms with Gasteiger partial charge in [-0.15, -0.1) is 0 Å². The average molecular weight is 277 g/mol. The Labute approximate surface area is 116 Å². The summed E-state index contributed by atoms with van der Waals surface area (Å²) in [5.74, 6) is -0.653. The van der Waals surface area contributed by atoms with Gasteiger partial charge in [0, 0.05) is 0 Å². The lowest BCUT2D eigenvalue weighted by molar-refractivity contribution is 0.0363. The van der Waals surface area contributed by atoms with E-state index in [1.54, 1.807) is 37.6 Å². The largest absolute Gasteiger partial charge is 0.278 e. The molecule has 2 rings (SSSR count). The topological polar surface area (TPSA) is 56.1 Å². The van der Waals surface area contributed by atoms with Gasteiger partial charge < -0.3 is 0 Å². The number of aryl methyl sites for hydroxylation is 1. The molecule has 1 N–H and O–H groups in total. The highest BCUT2D eigenvalue weighted by Gasteiger charge is 2.19. The van der Waals surface area contributed by atoms with Gasteiger partial charge >= 0.3 is 0 Å². The summed E-state index contributed by atoms with van der Waals surface area (Å²) in [5, 5.41) is 4.32. The number of carbonyl (C=O) groups excluding carboxylic acids is 1. The fourth-order valence-electron chi connectivity index (χ4n) is 1.99. The molecular weight excluding hydrogens is 261 g/mol. The van der Waals surface area contributed by atoms with E-state index >= 15 is 0 Å². The van der Waals surface area contributed by atoms with Crippen molar-refractivity contribution in [3.8, 4) is 5.69 Å². The van der Waals surface area contributed by atoms with E-state index in [0.717, 1.165) is 0 Å². The zero-order valence-corrected chi connectivity index (χ0v) is 11.6. The van der Waals surface area contributed by atoms with E-state index < -0.39 is 0 Å². The zero-order chi connectivity index (χ0) is 14.7. The molecule has 0 saturated heterocycles. The third-order valence-electron chi connectivity index (χ3n) is 2.90. The van der Waals surface area contributed by atoms with Gasteiger partial charge in [-0.25, -0.2) is 14.6 Å². The van der Waals surface area contributed by atoms with Gasteiger partial charge in [0.25, 0.3) is 5.91 Å². The average Bonchev–Trinajstić information content (AvgIpc) is 2.72. The summed E-state index contributed by atoms with van der Waals surface area (Å²) >= 11 is 0. The second kappa shape index (κ2) is 5.83. The van der Waals surface area contributed by atoms with Gasteiger partial charge in [-0.1, -0.05) is 0 Å². The highest BCUT2D eigenvalue weighted by Crippen LogP contribution is 2.18. The Morgan fingerprint density at radius 1 is 1.35 bits per heavy atom. The maximum absolute atomic E-state index is 12.9. The van der Waals surface area contributed by atoms with Gasteiger partial charge in [-0.2, -0.15) is 5.10 Å². The third-order valence-corrected chi connectivity index (χ3v) is 2.90. The van der Waals surface area contributed by atoms with Crippen molar-refractivity contribution < 1.29 is 14.0 Å². The molecule has 0 aliphatic rings. The highest BCUT2D eigenvalue weighted by atomic mass is 19.1. The molecule has 1 heterocycles. The lowest BCUT2D eigenvalue weighted by atomic mass is 10.2. The molecule has 0 atom stereocenters. The van der Waals surface area contributed by atoms with Gasteiger partial charge in [-0.3, -0.25) is 9.63 Å². The summed E-state index contributed by atoms with van der Waals surface area (Å²) in [6.45, 7) is 5.69. The molecule has 20 heavy (non-hydrogen) atoms. The fraction of sp³-hybridized carbons (Fsp3) is 0.286. The Balaban J connectivity index is 2.38. The van der Waals surface area contributed by atoms with E-state index in [9.17, 15) is 9.18 Å². The molecule has 0 aliphatic carbocycles. The van der Waals surface area contributed by atoms with Crippen molar-refractivity contribution in [3.05, 3.63) is 47.0 Å². The molecule has 106 valence electrons. The van der Waals surface area contributed by atoms with Crippen LogP contribution in [0.15, 0.2) is 24.3 Å². The van der Waals surface area contributed by atoms with Crippen molar-refractivity contribution in [2.24, 2.45) is 0 Å². The van der Waals surface area contributed by atoms with Crippen LogP contribution in [0.1, 0.15) is 28.7 Å². The SMILES string of the molecule is CCONC(=O)c1c(C)nn(-c2ccc(F)cc2)c1C. The molecule has 0 unspecified atom stereocenters. The van der Waals surface area contributed by atoms with Gasteiger partial charge in [-0.05, 0) is 45.0 Å². The van der Waals surface area contributed by atoms with Gasteiger partial charge in [0.05, 0.1) is 29.2 Å². The smallest absolute Gasteiger partial charge is 0.274 e. The first-order chi connectivity index (χ1) is 9.54. The minimum Gasteiger partial charge on any atom is -0.274 e. The summed E-state index contributed by atoms with van der Waals surface area (Å²) in [6, 6.07) is 5.93. The number of aromatic nitrogens is 2. The fourth-order valence-corrected chi connectivity index (χ4v) is 1.99. The second-order valence-electron chi connectivity index (χ2n) is 4.30. The van der Waals surface area contributed by atoms with Crippen LogP contribution in [-0.4, -0.2) is 22.3 Å². The number of benzene rings is 1. The molecule has 0 radical (unpaired) electrons. The number of hydroxylamine groups is 1. The number of amides is 1. The first-order valence-electron chi connectivity index (χ1n) is 6.29. The molecule has 0 spiro atoms. The Hall–Kier alpha value is -2.21. The van der Waals surface area contributed by atoms with Crippen LogP contribution in [0.4, 0.5) is 4.39 Å². The number of nitrogens with zero attached hydrogens (tertiary/aromatic N) is 2. The van der Waals surface area contributed by atoms with Crippen LogP contribution in [0.25, 0.3) is 5.69 Å². The van der Waals surface area contributed by atoms with E-state index in [-0.39, 0.29) is 11.7 Å². The van der Waals surface area contributed by atoms with Crippen molar-refractivity contribution in [1.29, 1.82) is 0 Å². The Morgan fingerprint density at radius 3 is 2.60 bits per heavy atom. The normalized spacial score (nSPS) is 10.6. The van der Waals surface area contributed by atoms with Gasteiger partial charge in [0.1, 0.15) is 5.82 Å². The van der Waals surface area contributed by atoms with Crippen LogP contribution in [0, 0.1) is 19.7 Å². The summed E-state index contributed by atoms with van der Waals surface area (Å²) in [6.07, 6.45) is 0. The zero-order valence-electron chi connectivity index (χ0n) is 11.6. The molecule has 1 aromatic heterocycles. The molecule has 1 aromatic carbocycles. The van der Waals surface area contributed by atoms with Crippen LogP contribution in [0.3, 0.4) is 0 Å². The minimum atomic E-state index is -0.338. The highest BCUT2D eigenvalue weighted by molar-refractivity contribution is 5.95. The lowest BCUT2D eigenvalue weighted by Crippen LogP contribution is -2.24. The van der Waals surface area contributed by atoms with Crippen LogP contribution in [0.2, 0.25) is 0 Å². The van der Waals surface area contributed by atoms with Crippen molar-refractivity contribution in [2.75, 3.05) is 6.61 Å². The summed E-state index contributed by atoms with van der Waals surface area (Å²) in [5.41, 5.74) is 4.77. The summed E-state index contributed by atoms with van der Waals surface area (Å²) in [4.78, 5) is 16.9. The molecule has 0 bridgehead atoms. The van der Waals surface area contributed by atoms with Gasteiger partial charge in [0.15, 0.2) is 0 Å². The van der Waals surface area contributed by atoms with E-state index in [1.165, 1.54) is 12.1 Å². The van der Waals surface area contributed by atoms with Crippen LogP contribution < -0.4 is 5.48 Å². The van der Waals surface area contributed by atoms with E-state index in [2.05, 4.69) is 10.6 Å². The standard InChI is InChI=1S/C14H16FN3O2/c1-4-20-17-14(19)13-9(2)16-18(10(13)3)12-7-5-11(15)6-8-12/h5-8H,4H2,1-3H3,(H,17,19). The summed E-state index contributed by atoms with van der Waals surface area (Å²) in [7, 11) is 0. The first kappa shape index (κ1) is 14.2. The molecule has 2 aromatic rings. The Kier molecular flexibility index (Phi) is 4.14. The molecule has 6 heteroatoms. The number of hydrogen-bond donors (Lipinski definition) is 1. The summed E-state index contributed by atoms with van der Waals surface area (Å²) < 4.78 is 14.6. The van der Waals surface area contributed by atoms with E-state index in [0.29, 0.717) is 29.2 Å². The van der Waals surface area contributed by atoms with Crippen LogP contribution in [0.5, 0.6) is 0 Å². The predicted molar refractivity (Wildman–Crippen MR) is 72.1 cm³/mol. The van der Waals surface area contributed by atoms with E-state index in [4.69, 9.17) is 4.84 Å². The minimum absolute atomic E-state index is 0.315. The number of nitrogens with one attached hydrogen (secondary N) is 1. The van der Waals surface area contributed by atoms with Gasteiger partial charge in [0.2, 0.25) is 0 Å². The van der Waals surface area contributed by atoms with E-state index in [1.807, 2.05) is 0 Å². The maximum atomic E-state index is 12.9. The predicted octanol–water partition coefficient (Wildman–Crippen LogP) is 2.31. The molecule has 5 nitrogen and oxygen atoms in total. The lowest BCUT2D eigenvalue weighted by Gasteiger charge is -2.06.